The molecule has 0 aromatic heterocycles. The Morgan fingerprint density at radius 2 is 1.67 bits per heavy atom. The fourth-order valence-electron chi connectivity index (χ4n) is 2.31. The van der Waals surface area contributed by atoms with E-state index in [4.69, 9.17) is 0 Å². The Hall–Kier alpha value is -2.62. The van der Waals surface area contributed by atoms with Gasteiger partial charge in [-0.3, -0.25) is 9.59 Å². The molecule has 4 heteroatoms. The van der Waals surface area contributed by atoms with Crippen LogP contribution in [0.25, 0.3) is 0 Å². The van der Waals surface area contributed by atoms with Crippen LogP contribution in [-0.4, -0.2) is 17.9 Å². The van der Waals surface area contributed by atoms with Crippen LogP contribution in [0.15, 0.2) is 54.6 Å². The van der Waals surface area contributed by atoms with Gasteiger partial charge in [0, 0.05) is 12.5 Å². The van der Waals surface area contributed by atoms with Crippen molar-refractivity contribution in [1.29, 1.82) is 0 Å². The van der Waals surface area contributed by atoms with Gasteiger partial charge in [0.1, 0.15) is 0 Å². The van der Waals surface area contributed by atoms with Crippen molar-refractivity contribution in [3.63, 3.8) is 0 Å². The van der Waals surface area contributed by atoms with E-state index >= 15 is 0 Å². The molecule has 0 spiro atoms. The molecule has 0 radical (unpaired) electrons. The van der Waals surface area contributed by atoms with E-state index in [0.29, 0.717) is 24.1 Å². The number of hydrogen-bond donors (Lipinski definition) is 2. The van der Waals surface area contributed by atoms with Crippen molar-refractivity contribution in [1.82, 2.24) is 5.32 Å². The minimum atomic E-state index is -0.164. The molecule has 2 aromatic carbocycles. The maximum atomic E-state index is 12.3. The summed E-state index contributed by atoms with van der Waals surface area (Å²) in [5, 5.41) is 5.78. The predicted octanol–water partition coefficient (Wildman–Crippen LogP) is 3.79. The Labute approximate surface area is 143 Å². The third-order valence-electron chi connectivity index (χ3n) is 3.92. The largest absolute Gasteiger partial charge is 0.350 e. The van der Waals surface area contributed by atoms with Crippen molar-refractivity contribution >= 4 is 17.5 Å². The number of benzene rings is 2. The van der Waals surface area contributed by atoms with Gasteiger partial charge < -0.3 is 10.6 Å². The summed E-state index contributed by atoms with van der Waals surface area (Å²) >= 11 is 0. The lowest BCUT2D eigenvalue weighted by Crippen LogP contribution is -2.32. The summed E-state index contributed by atoms with van der Waals surface area (Å²) in [4.78, 5) is 24.5. The van der Waals surface area contributed by atoms with Crippen molar-refractivity contribution in [2.45, 2.75) is 39.2 Å². The molecule has 0 aliphatic carbocycles. The number of carbonyl (C=O) groups is 2. The maximum Gasteiger partial charge on any atom is 0.253 e. The molecule has 1 unspecified atom stereocenters. The van der Waals surface area contributed by atoms with Gasteiger partial charge in [0.15, 0.2) is 0 Å². The van der Waals surface area contributed by atoms with E-state index in [0.717, 1.165) is 12.0 Å². The fourth-order valence-corrected chi connectivity index (χ4v) is 2.31. The van der Waals surface area contributed by atoms with Crippen LogP contribution in [0.4, 0.5) is 5.69 Å². The van der Waals surface area contributed by atoms with E-state index in [1.165, 1.54) is 0 Å². The molecule has 0 bridgehead atoms. The summed E-state index contributed by atoms with van der Waals surface area (Å²) in [5.41, 5.74) is 2.16. The predicted molar refractivity (Wildman–Crippen MR) is 97.1 cm³/mol. The smallest absolute Gasteiger partial charge is 0.253 e. The lowest BCUT2D eigenvalue weighted by Gasteiger charge is -2.14. The van der Waals surface area contributed by atoms with Gasteiger partial charge in [0.25, 0.3) is 5.91 Å². The van der Waals surface area contributed by atoms with Crippen LogP contribution in [0.3, 0.4) is 0 Å². The average Bonchev–Trinajstić information content (AvgIpc) is 2.61. The lowest BCUT2D eigenvalue weighted by atomic mass is 10.1. The lowest BCUT2D eigenvalue weighted by molar-refractivity contribution is -0.116. The molecule has 0 heterocycles. The Bertz CT molecular complexity index is 683. The van der Waals surface area contributed by atoms with Gasteiger partial charge in [0.05, 0.1) is 11.3 Å². The Morgan fingerprint density at radius 3 is 2.38 bits per heavy atom. The van der Waals surface area contributed by atoms with Crippen LogP contribution >= 0.6 is 0 Å². The molecule has 0 aliphatic rings. The highest BCUT2D eigenvalue weighted by Crippen LogP contribution is 2.16. The highest BCUT2D eigenvalue weighted by Gasteiger charge is 2.14. The number of hydrogen-bond acceptors (Lipinski definition) is 2. The number of para-hydroxylation sites is 1. The van der Waals surface area contributed by atoms with Gasteiger partial charge in [-0.05, 0) is 37.5 Å². The molecule has 0 aliphatic heterocycles. The summed E-state index contributed by atoms with van der Waals surface area (Å²) in [7, 11) is 0. The van der Waals surface area contributed by atoms with Crippen molar-refractivity contribution in [3.8, 4) is 0 Å². The van der Waals surface area contributed by atoms with Gasteiger partial charge in [-0.15, -0.1) is 0 Å². The number of rotatable bonds is 7. The minimum Gasteiger partial charge on any atom is -0.350 e. The molecule has 2 rings (SSSR count). The second kappa shape index (κ2) is 8.87. The van der Waals surface area contributed by atoms with E-state index < -0.39 is 0 Å². The summed E-state index contributed by atoms with van der Waals surface area (Å²) in [5.74, 6) is -0.258. The van der Waals surface area contributed by atoms with E-state index in [9.17, 15) is 9.59 Å². The first-order chi connectivity index (χ1) is 11.6. The number of anilines is 1. The zero-order valence-corrected chi connectivity index (χ0v) is 14.2. The normalized spacial score (nSPS) is 11.6. The van der Waals surface area contributed by atoms with E-state index in [2.05, 4.69) is 10.6 Å². The molecule has 24 heavy (non-hydrogen) atoms. The molecule has 2 N–H and O–H groups in total. The van der Waals surface area contributed by atoms with E-state index in [1.54, 1.807) is 18.2 Å². The Morgan fingerprint density at radius 1 is 1.00 bits per heavy atom. The summed E-state index contributed by atoms with van der Waals surface area (Å²) in [6.07, 6.45) is 1.91. The van der Waals surface area contributed by atoms with Crippen LogP contribution in [0.2, 0.25) is 0 Å². The topological polar surface area (TPSA) is 58.2 Å². The third-order valence-corrected chi connectivity index (χ3v) is 3.92. The first kappa shape index (κ1) is 17.7. The van der Waals surface area contributed by atoms with E-state index in [1.807, 2.05) is 50.2 Å². The second-order valence-electron chi connectivity index (χ2n) is 5.86. The Kier molecular flexibility index (Phi) is 6.55. The van der Waals surface area contributed by atoms with Crippen molar-refractivity contribution in [2.75, 3.05) is 5.32 Å². The molecule has 2 amide bonds. The van der Waals surface area contributed by atoms with E-state index in [-0.39, 0.29) is 17.9 Å². The van der Waals surface area contributed by atoms with Crippen molar-refractivity contribution in [3.05, 3.63) is 65.7 Å². The number of amides is 2. The number of nitrogens with one attached hydrogen (secondary N) is 2. The summed E-state index contributed by atoms with van der Waals surface area (Å²) in [6.45, 7) is 3.97. The SMILES string of the molecule is CCC(C)NC(=O)c1ccccc1NC(=O)CCc1ccccc1. The monoisotopic (exact) mass is 324 g/mol. The number of carbonyl (C=O) groups excluding carboxylic acids is 2. The quantitative estimate of drug-likeness (QED) is 0.814. The molecule has 0 fully saturated rings. The van der Waals surface area contributed by atoms with Crippen LogP contribution in [0, 0.1) is 0 Å². The zero-order chi connectivity index (χ0) is 17.4. The molecule has 126 valence electrons. The van der Waals surface area contributed by atoms with Gasteiger partial charge in [0.2, 0.25) is 5.91 Å². The minimum absolute atomic E-state index is 0.0948. The summed E-state index contributed by atoms with van der Waals surface area (Å²) < 4.78 is 0. The first-order valence-corrected chi connectivity index (χ1v) is 8.33. The van der Waals surface area contributed by atoms with Crippen LogP contribution in [0.5, 0.6) is 0 Å². The van der Waals surface area contributed by atoms with Crippen molar-refractivity contribution < 1.29 is 9.59 Å². The average molecular weight is 324 g/mol. The molecule has 1 atom stereocenters. The standard InChI is InChI=1S/C20H24N2O2/c1-3-15(2)21-20(24)17-11-7-8-12-18(17)22-19(23)14-13-16-9-5-4-6-10-16/h4-12,15H,3,13-14H2,1-2H3,(H,21,24)(H,22,23). The highest BCUT2D eigenvalue weighted by molar-refractivity contribution is 6.03. The highest BCUT2D eigenvalue weighted by atomic mass is 16.2. The Balaban J connectivity index is 1.99. The maximum absolute atomic E-state index is 12.3. The molecule has 0 saturated heterocycles. The van der Waals surface area contributed by atoms with Crippen LogP contribution in [-0.2, 0) is 11.2 Å². The molecule has 0 saturated carbocycles. The molecule has 2 aromatic rings. The third kappa shape index (κ3) is 5.23. The molecular formula is C20H24N2O2. The van der Waals surface area contributed by atoms with Gasteiger partial charge >= 0.3 is 0 Å². The summed E-state index contributed by atoms with van der Waals surface area (Å²) in [6, 6.07) is 17.1. The van der Waals surface area contributed by atoms with Crippen molar-refractivity contribution in [2.24, 2.45) is 0 Å². The fraction of sp³-hybridized carbons (Fsp3) is 0.300. The van der Waals surface area contributed by atoms with Gasteiger partial charge in [-0.2, -0.15) is 0 Å². The first-order valence-electron chi connectivity index (χ1n) is 8.33. The van der Waals surface area contributed by atoms with Gasteiger partial charge in [-0.25, -0.2) is 0 Å². The van der Waals surface area contributed by atoms with Gasteiger partial charge in [-0.1, -0.05) is 49.4 Å². The van der Waals surface area contributed by atoms with Crippen LogP contribution < -0.4 is 10.6 Å². The zero-order valence-electron chi connectivity index (χ0n) is 14.2. The molecular weight excluding hydrogens is 300 g/mol. The molecule has 4 nitrogen and oxygen atoms in total. The second-order valence-corrected chi connectivity index (χ2v) is 5.86. The number of aryl methyl sites for hydroxylation is 1. The van der Waals surface area contributed by atoms with Crippen LogP contribution in [0.1, 0.15) is 42.6 Å².